The van der Waals surface area contributed by atoms with E-state index >= 15 is 0 Å². The Balaban J connectivity index is 0.000000340. The molecule has 1 aromatic heterocycles. The van der Waals surface area contributed by atoms with Crippen LogP contribution in [0.1, 0.15) is 46.0 Å². The first-order chi connectivity index (χ1) is 18.5. The van der Waals surface area contributed by atoms with Crippen LogP contribution in [0.5, 0.6) is 5.75 Å². The second kappa shape index (κ2) is 13.7. The number of aryl methyl sites for hydroxylation is 1. The highest BCUT2D eigenvalue weighted by Crippen LogP contribution is 2.37. The van der Waals surface area contributed by atoms with E-state index in [0.717, 1.165) is 6.07 Å². The van der Waals surface area contributed by atoms with Gasteiger partial charge in [-0.2, -0.15) is 26.3 Å². The van der Waals surface area contributed by atoms with Crippen molar-refractivity contribution in [3.8, 4) is 5.75 Å². The highest BCUT2D eigenvalue weighted by Gasteiger charge is 2.52. The number of carbonyl (C=O) groups is 2. The molecule has 41 heavy (non-hydrogen) atoms. The molecule has 1 fully saturated rings. The average Bonchev–Trinajstić information content (AvgIpc) is 3.04. The third-order valence-corrected chi connectivity index (χ3v) is 5.68. The fraction of sp³-hybridized carbons (Fsp3) is 0.458. The molecule has 0 saturated carbocycles. The number of benzene rings is 1. The number of ether oxygens (including phenoxy) is 2. The van der Waals surface area contributed by atoms with Crippen molar-refractivity contribution >= 4 is 37.1 Å². The van der Waals surface area contributed by atoms with Crippen molar-refractivity contribution in [1.29, 1.82) is 0 Å². The van der Waals surface area contributed by atoms with E-state index in [4.69, 9.17) is 24.1 Å². The van der Waals surface area contributed by atoms with Gasteiger partial charge in [-0.25, -0.2) is 9.78 Å². The molecule has 0 bridgehead atoms. The summed E-state index contributed by atoms with van der Waals surface area (Å²) in [4.78, 5) is 23.0. The highest BCUT2D eigenvalue weighted by atomic mass is 19.4. The maximum absolute atomic E-state index is 12.8. The molecule has 1 aliphatic rings. The van der Waals surface area contributed by atoms with Gasteiger partial charge in [0.15, 0.2) is 0 Å². The number of rotatable bonds is 3. The first-order valence-corrected chi connectivity index (χ1v) is 11.7. The van der Waals surface area contributed by atoms with E-state index < -0.39 is 55.4 Å². The van der Waals surface area contributed by atoms with Crippen LogP contribution in [0.4, 0.5) is 26.3 Å². The second-order valence-corrected chi connectivity index (χ2v) is 9.51. The summed E-state index contributed by atoms with van der Waals surface area (Å²) in [6.45, 7) is 9.64. The Labute approximate surface area is 233 Å². The van der Waals surface area contributed by atoms with E-state index in [-0.39, 0.29) is 5.69 Å². The Morgan fingerprint density at radius 1 is 0.976 bits per heavy atom. The monoisotopic (exact) mass is 595 g/mol. The van der Waals surface area contributed by atoms with Gasteiger partial charge in [-0.05, 0) is 58.3 Å². The van der Waals surface area contributed by atoms with Crippen LogP contribution in [0.15, 0.2) is 36.4 Å². The average molecular weight is 595 g/mol. The van der Waals surface area contributed by atoms with Crippen LogP contribution >= 0.6 is 0 Å². The van der Waals surface area contributed by atoms with Crippen molar-refractivity contribution < 1.29 is 64.8 Å². The van der Waals surface area contributed by atoms with Crippen LogP contribution in [-0.2, 0) is 29.8 Å². The fourth-order valence-electron chi connectivity index (χ4n) is 3.02. The number of pyridine rings is 1. The molecule has 0 unspecified atom stereocenters. The number of carbonyl (C=O) groups excluding carboxylic acids is 2. The molecule has 2 heterocycles. The summed E-state index contributed by atoms with van der Waals surface area (Å²) in [6, 6.07) is 9.30. The van der Waals surface area contributed by atoms with E-state index in [0.29, 0.717) is 23.6 Å². The Morgan fingerprint density at radius 2 is 1.49 bits per heavy atom. The summed E-state index contributed by atoms with van der Waals surface area (Å²) in [7, 11) is -0.796. The fourth-order valence-corrected chi connectivity index (χ4v) is 3.02. The molecule has 1 saturated heterocycles. The predicted molar refractivity (Wildman–Crippen MR) is 135 cm³/mol. The number of hydrogen-bond acceptors (Lipinski definition) is 9. The zero-order chi connectivity index (χ0) is 32.0. The molecule has 2 N–H and O–H groups in total. The number of alkyl halides is 6. The van der Waals surface area contributed by atoms with Crippen molar-refractivity contribution in [2.24, 2.45) is 0 Å². The standard InChI is InChI=1S/C13H17BF3NO2.C7H9BO3.C4H3F3O3/c1-8-6-9(7-10(18-8)13(15,16)17)14-19-11(2,3)12(4,5)20-14;1-11-7-5-3-2-4-6(7)8(9)10;1-2(8)10-3(9)4(5,6)7/h6-7H,1-5H3;2-5,9-10H,1H3;1H3. The van der Waals surface area contributed by atoms with Gasteiger partial charge in [-0.3, -0.25) is 4.79 Å². The molecule has 17 heteroatoms. The largest absolute Gasteiger partial charge is 0.497 e. The molecule has 0 spiro atoms. The molecular formula is C24H29B2F6NO8. The molecule has 3 rings (SSSR count). The van der Waals surface area contributed by atoms with Gasteiger partial charge in [0.05, 0.1) is 18.3 Å². The first-order valence-electron chi connectivity index (χ1n) is 11.7. The molecule has 1 aromatic carbocycles. The number of halogens is 6. The highest BCUT2D eigenvalue weighted by molar-refractivity contribution is 6.62. The first kappa shape index (κ1) is 35.9. The van der Waals surface area contributed by atoms with Crippen molar-refractivity contribution in [2.45, 2.75) is 65.1 Å². The van der Waals surface area contributed by atoms with Crippen molar-refractivity contribution in [2.75, 3.05) is 7.11 Å². The number of esters is 2. The van der Waals surface area contributed by atoms with Crippen molar-refractivity contribution in [3.63, 3.8) is 0 Å². The Bertz CT molecular complexity index is 1190. The molecule has 0 radical (unpaired) electrons. The zero-order valence-corrected chi connectivity index (χ0v) is 23.2. The van der Waals surface area contributed by atoms with E-state index in [1.165, 1.54) is 14.0 Å². The molecule has 9 nitrogen and oxygen atoms in total. The van der Waals surface area contributed by atoms with Crippen molar-refractivity contribution in [3.05, 3.63) is 47.8 Å². The van der Waals surface area contributed by atoms with Gasteiger partial charge in [0.2, 0.25) is 0 Å². The molecule has 1 aliphatic heterocycles. The summed E-state index contributed by atoms with van der Waals surface area (Å²) >= 11 is 0. The quantitative estimate of drug-likeness (QED) is 0.239. The summed E-state index contributed by atoms with van der Waals surface area (Å²) in [6.07, 6.45) is -9.57. The minimum Gasteiger partial charge on any atom is -0.497 e. The number of methoxy groups -OCH3 is 1. The van der Waals surface area contributed by atoms with Gasteiger partial charge in [0, 0.05) is 18.1 Å². The molecule has 0 aliphatic carbocycles. The lowest BCUT2D eigenvalue weighted by atomic mass is 9.79. The molecular weight excluding hydrogens is 566 g/mol. The Hall–Kier alpha value is -3.14. The summed E-state index contributed by atoms with van der Waals surface area (Å²) in [5, 5.41) is 17.6. The number of hydrogen-bond donors (Lipinski definition) is 2. The maximum Gasteiger partial charge on any atom is 0.494 e. The van der Waals surface area contributed by atoms with Crippen LogP contribution in [0.2, 0.25) is 0 Å². The number of aromatic nitrogens is 1. The van der Waals surface area contributed by atoms with Crippen LogP contribution in [-0.4, -0.2) is 65.7 Å². The summed E-state index contributed by atoms with van der Waals surface area (Å²) in [5.41, 5.74) is -1.11. The van der Waals surface area contributed by atoms with Crippen LogP contribution in [0.3, 0.4) is 0 Å². The molecule has 0 amide bonds. The van der Waals surface area contributed by atoms with Crippen molar-refractivity contribution in [1.82, 2.24) is 4.98 Å². The lowest BCUT2D eigenvalue weighted by molar-refractivity contribution is -0.201. The number of para-hydroxylation sites is 1. The molecule has 226 valence electrons. The lowest BCUT2D eigenvalue weighted by Gasteiger charge is -2.32. The summed E-state index contributed by atoms with van der Waals surface area (Å²) in [5.74, 6) is -3.27. The Kier molecular flexibility index (Phi) is 12.0. The van der Waals surface area contributed by atoms with E-state index in [1.54, 1.807) is 30.3 Å². The lowest BCUT2D eigenvalue weighted by Crippen LogP contribution is -2.41. The summed E-state index contributed by atoms with van der Waals surface area (Å²) < 4.78 is 91.5. The van der Waals surface area contributed by atoms with Gasteiger partial charge >= 0.3 is 38.5 Å². The van der Waals surface area contributed by atoms with Gasteiger partial charge < -0.3 is 28.8 Å². The van der Waals surface area contributed by atoms with Gasteiger partial charge in [-0.15, -0.1) is 0 Å². The van der Waals surface area contributed by atoms with E-state index in [2.05, 4.69) is 9.72 Å². The Morgan fingerprint density at radius 3 is 1.85 bits per heavy atom. The smallest absolute Gasteiger partial charge is 0.494 e. The maximum atomic E-state index is 12.8. The number of nitrogens with zero attached hydrogens (tertiary/aromatic N) is 1. The van der Waals surface area contributed by atoms with E-state index in [1.807, 2.05) is 27.7 Å². The minimum absolute atomic E-state index is 0.282. The molecule has 2 aromatic rings. The van der Waals surface area contributed by atoms with Crippen LogP contribution in [0, 0.1) is 6.92 Å². The van der Waals surface area contributed by atoms with Gasteiger partial charge in [0.25, 0.3) is 0 Å². The van der Waals surface area contributed by atoms with Crippen LogP contribution < -0.4 is 15.7 Å². The van der Waals surface area contributed by atoms with Gasteiger partial charge in [-0.1, -0.05) is 18.2 Å². The zero-order valence-electron chi connectivity index (χ0n) is 23.2. The van der Waals surface area contributed by atoms with Crippen LogP contribution in [0.25, 0.3) is 0 Å². The topological polar surface area (TPSA) is 124 Å². The predicted octanol–water partition coefficient (Wildman–Crippen LogP) is 2.72. The third kappa shape index (κ3) is 10.6. The minimum atomic E-state index is -5.09. The third-order valence-electron chi connectivity index (χ3n) is 5.68. The second-order valence-electron chi connectivity index (χ2n) is 9.51. The van der Waals surface area contributed by atoms with Gasteiger partial charge in [0.1, 0.15) is 11.4 Å². The van der Waals surface area contributed by atoms with E-state index in [9.17, 15) is 35.9 Å². The normalized spacial score (nSPS) is 15.5. The molecule has 0 atom stereocenters. The SMILES string of the molecule is CC(=O)OC(=O)C(F)(F)F.COc1ccccc1B(O)O.Cc1cc(B2OC(C)(C)C(C)(C)O2)cc(C(F)(F)F)n1.